The molecular weight excluding hydrogens is 260 g/mol. The maximum atomic E-state index is 12.6. The normalized spacial score (nSPS) is 20.1. The van der Waals surface area contributed by atoms with Crippen LogP contribution in [0.1, 0.15) is 36.2 Å². The number of carbonyl (C=O) groups excluding carboxylic acids is 1. The topological polar surface area (TPSA) is 56.3 Å². The Balaban J connectivity index is 1.83. The fourth-order valence-electron chi connectivity index (χ4n) is 2.84. The number of hydrogen-bond acceptors (Lipinski definition) is 3. The molecule has 1 amide bonds. The zero-order valence-corrected chi connectivity index (χ0v) is 11.6. The van der Waals surface area contributed by atoms with Crippen molar-refractivity contribution in [3.8, 4) is 0 Å². The first-order valence-electron chi connectivity index (χ1n) is 6.77. The predicted molar refractivity (Wildman–Crippen MR) is 76.6 cm³/mol. The summed E-state index contributed by atoms with van der Waals surface area (Å²) in [6.45, 7) is 0.949. The van der Waals surface area contributed by atoms with Crippen molar-refractivity contribution in [2.75, 3.05) is 13.2 Å². The van der Waals surface area contributed by atoms with Gasteiger partial charge in [-0.05, 0) is 43.2 Å². The lowest BCUT2D eigenvalue weighted by Gasteiger charge is -2.35. The number of aliphatic hydroxyl groups is 1. The third kappa shape index (κ3) is 2.40. The van der Waals surface area contributed by atoms with Crippen molar-refractivity contribution >= 4 is 27.5 Å². The Morgan fingerprint density at radius 2 is 2.42 bits per heavy atom. The number of nitrogens with zero attached hydrogens (tertiary/aromatic N) is 1. The number of carbonyl (C=O) groups is 1. The zero-order chi connectivity index (χ0) is 13.2. The van der Waals surface area contributed by atoms with E-state index in [9.17, 15) is 4.79 Å². The Bertz CT molecular complexity index is 544. The molecule has 5 heteroatoms. The molecule has 19 heavy (non-hydrogen) atoms. The molecule has 1 saturated heterocycles. The number of aromatic nitrogens is 1. The molecule has 0 spiro atoms. The number of aromatic amines is 1. The highest BCUT2D eigenvalue weighted by molar-refractivity contribution is 7.17. The largest absolute Gasteiger partial charge is 0.396 e. The van der Waals surface area contributed by atoms with Crippen molar-refractivity contribution in [2.45, 2.75) is 31.7 Å². The fraction of sp³-hybridized carbons (Fsp3) is 0.500. The number of amides is 1. The summed E-state index contributed by atoms with van der Waals surface area (Å²) in [5.41, 5.74) is 1.70. The minimum atomic E-state index is 0.0709. The summed E-state index contributed by atoms with van der Waals surface area (Å²) in [5.74, 6) is 0.0709. The number of piperidine rings is 1. The monoisotopic (exact) mass is 278 g/mol. The Hall–Kier alpha value is -1.33. The fourth-order valence-corrected chi connectivity index (χ4v) is 3.62. The summed E-state index contributed by atoms with van der Waals surface area (Å²) in [7, 11) is 0. The average Bonchev–Trinajstić information content (AvgIpc) is 2.99. The predicted octanol–water partition coefficient (Wildman–Crippen LogP) is 2.61. The van der Waals surface area contributed by atoms with E-state index in [4.69, 9.17) is 5.11 Å². The maximum absolute atomic E-state index is 12.6. The van der Waals surface area contributed by atoms with Gasteiger partial charge < -0.3 is 15.0 Å². The number of likely N-dealkylation sites (tertiary alicyclic amines) is 1. The number of aliphatic hydroxyl groups excluding tert-OH is 1. The molecule has 2 N–H and O–H groups in total. The van der Waals surface area contributed by atoms with Crippen molar-refractivity contribution in [3.05, 3.63) is 23.2 Å². The molecule has 1 atom stereocenters. The Morgan fingerprint density at radius 1 is 1.53 bits per heavy atom. The van der Waals surface area contributed by atoms with Crippen LogP contribution in [0, 0.1) is 0 Å². The lowest BCUT2D eigenvalue weighted by Crippen LogP contribution is -2.44. The van der Waals surface area contributed by atoms with E-state index in [0.29, 0.717) is 12.1 Å². The molecule has 0 aromatic carbocycles. The molecule has 3 rings (SSSR count). The lowest BCUT2D eigenvalue weighted by atomic mass is 9.99. The third-order valence-electron chi connectivity index (χ3n) is 3.82. The van der Waals surface area contributed by atoms with Gasteiger partial charge in [-0.3, -0.25) is 4.79 Å². The minimum absolute atomic E-state index is 0.0709. The molecule has 0 saturated carbocycles. The molecule has 0 bridgehead atoms. The second-order valence-electron chi connectivity index (χ2n) is 5.04. The lowest BCUT2D eigenvalue weighted by molar-refractivity contribution is 0.0569. The van der Waals surface area contributed by atoms with Crippen LogP contribution in [-0.4, -0.2) is 40.1 Å². The quantitative estimate of drug-likeness (QED) is 0.906. The standard InChI is InChI=1S/C14H18N2O2S/c17-7-4-10-3-1-2-6-16(10)14(18)12-9-13-11(15-12)5-8-19-13/h5,8-10,15,17H,1-4,6-7H2. The molecule has 1 aliphatic heterocycles. The zero-order valence-electron chi connectivity index (χ0n) is 10.8. The second-order valence-corrected chi connectivity index (χ2v) is 5.99. The molecule has 2 aromatic rings. The van der Waals surface area contributed by atoms with Crippen LogP contribution < -0.4 is 0 Å². The van der Waals surface area contributed by atoms with Crippen LogP contribution in [0.5, 0.6) is 0 Å². The van der Waals surface area contributed by atoms with Crippen LogP contribution in [0.4, 0.5) is 0 Å². The van der Waals surface area contributed by atoms with Gasteiger partial charge in [-0.15, -0.1) is 11.3 Å². The van der Waals surface area contributed by atoms with Gasteiger partial charge in [-0.2, -0.15) is 0 Å². The Labute approximate surface area is 116 Å². The van der Waals surface area contributed by atoms with Crippen molar-refractivity contribution in [1.82, 2.24) is 9.88 Å². The van der Waals surface area contributed by atoms with E-state index in [1.54, 1.807) is 11.3 Å². The first-order chi connectivity index (χ1) is 9.29. The van der Waals surface area contributed by atoms with Crippen LogP contribution >= 0.6 is 11.3 Å². The van der Waals surface area contributed by atoms with E-state index in [1.165, 1.54) is 0 Å². The van der Waals surface area contributed by atoms with Gasteiger partial charge in [-0.1, -0.05) is 0 Å². The highest BCUT2D eigenvalue weighted by Crippen LogP contribution is 2.25. The number of rotatable bonds is 3. The summed E-state index contributed by atoms with van der Waals surface area (Å²) < 4.78 is 1.12. The molecule has 1 fully saturated rings. The molecule has 4 nitrogen and oxygen atoms in total. The van der Waals surface area contributed by atoms with Gasteiger partial charge in [-0.25, -0.2) is 0 Å². The average molecular weight is 278 g/mol. The summed E-state index contributed by atoms with van der Waals surface area (Å²) in [5, 5.41) is 11.1. The molecule has 1 aliphatic rings. The first-order valence-corrected chi connectivity index (χ1v) is 7.65. The van der Waals surface area contributed by atoms with Crippen molar-refractivity contribution < 1.29 is 9.90 Å². The number of thiophene rings is 1. The van der Waals surface area contributed by atoms with Gasteiger partial charge in [0.2, 0.25) is 0 Å². The van der Waals surface area contributed by atoms with E-state index in [0.717, 1.165) is 36.0 Å². The SMILES string of the molecule is O=C(c1cc2sccc2[nH]1)N1CCCCC1CCO. The second kappa shape index (κ2) is 5.35. The van der Waals surface area contributed by atoms with Gasteiger partial charge in [0, 0.05) is 19.2 Å². The van der Waals surface area contributed by atoms with Gasteiger partial charge in [0.25, 0.3) is 5.91 Å². The third-order valence-corrected chi connectivity index (χ3v) is 4.68. The summed E-state index contributed by atoms with van der Waals surface area (Å²) in [4.78, 5) is 17.7. The molecule has 0 aliphatic carbocycles. The molecule has 2 aromatic heterocycles. The number of nitrogens with one attached hydrogen (secondary N) is 1. The smallest absolute Gasteiger partial charge is 0.270 e. The number of hydrogen-bond donors (Lipinski definition) is 2. The van der Waals surface area contributed by atoms with E-state index >= 15 is 0 Å². The van der Waals surface area contributed by atoms with Crippen LogP contribution in [0.3, 0.4) is 0 Å². The molecular formula is C14H18N2O2S. The van der Waals surface area contributed by atoms with Crippen molar-refractivity contribution in [1.29, 1.82) is 0 Å². The maximum Gasteiger partial charge on any atom is 0.270 e. The molecule has 1 unspecified atom stereocenters. The minimum Gasteiger partial charge on any atom is -0.396 e. The van der Waals surface area contributed by atoms with E-state index in [2.05, 4.69) is 4.98 Å². The van der Waals surface area contributed by atoms with Crippen molar-refractivity contribution in [2.24, 2.45) is 0 Å². The molecule has 3 heterocycles. The van der Waals surface area contributed by atoms with Crippen LogP contribution in [0.15, 0.2) is 17.5 Å². The van der Waals surface area contributed by atoms with Crippen LogP contribution in [-0.2, 0) is 0 Å². The Morgan fingerprint density at radius 3 is 3.21 bits per heavy atom. The van der Waals surface area contributed by atoms with Gasteiger partial charge in [0.15, 0.2) is 0 Å². The number of fused-ring (bicyclic) bond motifs is 1. The van der Waals surface area contributed by atoms with Gasteiger partial charge in [0.1, 0.15) is 5.69 Å². The van der Waals surface area contributed by atoms with E-state index in [1.807, 2.05) is 22.4 Å². The molecule has 102 valence electrons. The van der Waals surface area contributed by atoms with Gasteiger partial charge >= 0.3 is 0 Å². The summed E-state index contributed by atoms with van der Waals surface area (Å²) in [6, 6.07) is 4.12. The highest BCUT2D eigenvalue weighted by atomic mass is 32.1. The van der Waals surface area contributed by atoms with Crippen molar-refractivity contribution in [3.63, 3.8) is 0 Å². The first kappa shape index (κ1) is 12.7. The van der Waals surface area contributed by atoms with E-state index in [-0.39, 0.29) is 18.6 Å². The summed E-state index contributed by atoms with van der Waals surface area (Å²) >= 11 is 1.64. The molecule has 0 radical (unpaired) electrons. The highest BCUT2D eigenvalue weighted by Gasteiger charge is 2.27. The number of H-pyrrole nitrogens is 1. The van der Waals surface area contributed by atoms with E-state index < -0.39 is 0 Å². The van der Waals surface area contributed by atoms with Crippen LogP contribution in [0.25, 0.3) is 10.2 Å². The van der Waals surface area contributed by atoms with Gasteiger partial charge in [0.05, 0.1) is 10.2 Å². The van der Waals surface area contributed by atoms with Crippen LogP contribution in [0.2, 0.25) is 0 Å². The Kier molecular flexibility index (Phi) is 3.57. The summed E-state index contributed by atoms with van der Waals surface area (Å²) in [6.07, 6.45) is 3.89.